The van der Waals surface area contributed by atoms with E-state index >= 15 is 0 Å². The summed E-state index contributed by atoms with van der Waals surface area (Å²) in [6.45, 7) is 6.67. The summed E-state index contributed by atoms with van der Waals surface area (Å²) in [5.74, 6) is 3.87. The van der Waals surface area contributed by atoms with Gasteiger partial charge >= 0.3 is 0 Å². The van der Waals surface area contributed by atoms with Crippen LogP contribution in [0.3, 0.4) is 0 Å². The predicted octanol–water partition coefficient (Wildman–Crippen LogP) is 4.31. The molecule has 0 amide bonds. The molecular formula is C18H20FN3OS2. The number of rotatable bonds is 8. The minimum atomic E-state index is -0.410. The van der Waals surface area contributed by atoms with Crippen LogP contribution in [0.25, 0.3) is 10.6 Å². The standard InChI is InChI=1S/C18H20FN3OS2/c1-6-7-22(13(3)12(2)11-24-5)18-16(23-4)21-17(25-18)14-8-15(19)10-20-9-14/h1,8-10,12H,3,7,11H2,2,4-5H3. The van der Waals surface area contributed by atoms with Crippen molar-refractivity contribution in [3.05, 3.63) is 36.6 Å². The molecule has 0 fully saturated rings. The van der Waals surface area contributed by atoms with Crippen molar-refractivity contribution in [3.63, 3.8) is 0 Å². The van der Waals surface area contributed by atoms with Gasteiger partial charge in [0.1, 0.15) is 10.8 Å². The molecule has 132 valence electrons. The molecule has 0 spiro atoms. The Balaban J connectivity index is 2.44. The Morgan fingerprint density at radius 2 is 2.32 bits per heavy atom. The Hall–Kier alpha value is -2.04. The van der Waals surface area contributed by atoms with E-state index in [1.165, 1.54) is 17.4 Å². The molecule has 0 aliphatic heterocycles. The van der Waals surface area contributed by atoms with Crippen molar-refractivity contribution in [1.29, 1.82) is 0 Å². The fraction of sp³-hybridized carbons (Fsp3) is 0.333. The number of anilines is 1. The fourth-order valence-electron chi connectivity index (χ4n) is 2.26. The summed E-state index contributed by atoms with van der Waals surface area (Å²) in [6.07, 6.45) is 10.3. The van der Waals surface area contributed by atoms with Crippen LogP contribution >= 0.6 is 23.1 Å². The van der Waals surface area contributed by atoms with E-state index in [-0.39, 0.29) is 5.92 Å². The molecule has 4 nitrogen and oxygen atoms in total. The van der Waals surface area contributed by atoms with Gasteiger partial charge in [0.25, 0.3) is 0 Å². The monoisotopic (exact) mass is 377 g/mol. The van der Waals surface area contributed by atoms with Crippen molar-refractivity contribution in [2.75, 3.05) is 30.6 Å². The summed E-state index contributed by atoms with van der Waals surface area (Å²) < 4.78 is 18.9. The van der Waals surface area contributed by atoms with Gasteiger partial charge in [-0.2, -0.15) is 16.7 Å². The maximum Gasteiger partial charge on any atom is 0.250 e. The van der Waals surface area contributed by atoms with Gasteiger partial charge < -0.3 is 9.64 Å². The number of halogens is 1. The molecule has 0 aliphatic carbocycles. The number of pyridine rings is 1. The van der Waals surface area contributed by atoms with E-state index in [4.69, 9.17) is 11.2 Å². The number of thioether (sulfide) groups is 1. The Kier molecular flexibility index (Phi) is 6.85. The second kappa shape index (κ2) is 8.88. The van der Waals surface area contributed by atoms with Gasteiger partial charge in [0.05, 0.1) is 19.9 Å². The first-order valence-electron chi connectivity index (χ1n) is 7.56. The lowest BCUT2D eigenvalue weighted by Crippen LogP contribution is -2.26. The Morgan fingerprint density at radius 3 is 2.92 bits per heavy atom. The van der Waals surface area contributed by atoms with E-state index < -0.39 is 5.82 Å². The first-order chi connectivity index (χ1) is 12.0. The number of aromatic nitrogens is 2. The second-order valence-electron chi connectivity index (χ2n) is 5.36. The number of ether oxygens (including phenoxy) is 1. The van der Waals surface area contributed by atoms with Crippen LogP contribution in [0.15, 0.2) is 30.7 Å². The first-order valence-corrected chi connectivity index (χ1v) is 9.77. The van der Waals surface area contributed by atoms with Crippen molar-refractivity contribution in [1.82, 2.24) is 9.97 Å². The maximum absolute atomic E-state index is 13.5. The molecule has 2 aromatic rings. The van der Waals surface area contributed by atoms with Gasteiger partial charge in [-0.25, -0.2) is 4.39 Å². The van der Waals surface area contributed by atoms with Crippen LogP contribution in [-0.4, -0.2) is 35.6 Å². The molecule has 1 unspecified atom stereocenters. The summed E-state index contributed by atoms with van der Waals surface area (Å²) >= 11 is 3.13. The quantitative estimate of drug-likeness (QED) is 0.641. The van der Waals surface area contributed by atoms with E-state index in [9.17, 15) is 4.39 Å². The second-order valence-corrected chi connectivity index (χ2v) is 7.25. The van der Waals surface area contributed by atoms with Crippen molar-refractivity contribution < 1.29 is 9.13 Å². The summed E-state index contributed by atoms with van der Waals surface area (Å²) in [5, 5.41) is 1.38. The normalized spacial score (nSPS) is 11.6. The van der Waals surface area contributed by atoms with E-state index in [2.05, 4.69) is 35.6 Å². The number of hydrogen-bond acceptors (Lipinski definition) is 6. The lowest BCUT2D eigenvalue weighted by Gasteiger charge is -2.27. The highest BCUT2D eigenvalue weighted by molar-refractivity contribution is 7.98. The molecule has 7 heteroatoms. The van der Waals surface area contributed by atoms with Gasteiger partial charge in [-0.15, -0.1) is 6.42 Å². The number of nitrogens with zero attached hydrogens (tertiary/aromatic N) is 3. The molecule has 2 heterocycles. The molecule has 25 heavy (non-hydrogen) atoms. The number of terminal acetylenes is 1. The average Bonchev–Trinajstić information content (AvgIpc) is 3.03. The molecule has 0 N–H and O–H groups in total. The average molecular weight is 378 g/mol. The molecule has 1 atom stereocenters. The molecule has 0 aliphatic rings. The van der Waals surface area contributed by atoms with Crippen molar-refractivity contribution >= 4 is 28.1 Å². The van der Waals surface area contributed by atoms with E-state index in [1.54, 1.807) is 25.1 Å². The topological polar surface area (TPSA) is 38.2 Å². The third-order valence-corrected chi connectivity index (χ3v) is 5.49. The highest BCUT2D eigenvalue weighted by atomic mass is 32.2. The molecule has 0 saturated carbocycles. The largest absolute Gasteiger partial charge is 0.479 e. The van der Waals surface area contributed by atoms with Crippen LogP contribution in [-0.2, 0) is 0 Å². The van der Waals surface area contributed by atoms with Gasteiger partial charge in [0.2, 0.25) is 5.88 Å². The summed E-state index contributed by atoms with van der Waals surface area (Å²) in [4.78, 5) is 10.3. The summed E-state index contributed by atoms with van der Waals surface area (Å²) in [6, 6.07) is 1.39. The third kappa shape index (κ3) is 4.53. The lowest BCUT2D eigenvalue weighted by atomic mass is 10.1. The van der Waals surface area contributed by atoms with Crippen LogP contribution in [0.1, 0.15) is 6.92 Å². The number of methoxy groups -OCH3 is 1. The molecular weight excluding hydrogens is 357 g/mol. The van der Waals surface area contributed by atoms with E-state index in [0.717, 1.165) is 22.6 Å². The van der Waals surface area contributed by atoms with Gasteiger partial charge in [0, 0.05) is 29.1 Å². The lowest BCUT2D eigenvalue weighted by molar-refractivity contribution is 0.401. The molecule has 2 aromatic heterocycles. The Morgan fingerprint density at radius 1 is 1.56 bits per heavy atom. The van der Waals surface area contributed by atoms with Crippen LogP contribution in [0.4, 0.5) is 9.39 Å². The zero-order valence-electron chi connectivity index (χ0n) is 14.5. The zero-order valence-corrected chi connectivity index (χ0v) is 16.1. The van der Waals surface area contributed by atoms with Gasteiger partial charge in [0.15, 0.2) is 5.00 Å². The molecule has 2 rings (SSSR count). The Labute approximate surface area is 156 Å². The van der Waals surface area contributed by atoms with Crippen LogP contribution in [0.5, 0.6) is 5.88 Å². The summed E-state index contributed by atoms with van der Waals surface area (Å²) in [5.41, 5.74) is 1.50. The third-order valence-electron chi connectivity index (χ3n) is 3.55. The zero-order chi connectivity index (χ0) is 18.4. The van der Waals surface area contributed by atoms with Crippen molar-refractivity contribution in [3.8, 4) is 28.8 Å². The fourth-order valence-corrected chi connectivity index (χ4v) is 4.00. The SMILES string of the molecule is C#CCN(C(=C)C(C)CSC)c1sc(-c2cncc(F)c2)nc1OC. The van der Waals surface area contributed by atoms with Gasteiger partial charge in [-0.1, -0.05) is 30.8 Å². The van der Waals surface area contributed by atoms with Crippen LogP contribution in [0.2, 0.25) is 0 Å². The highest BCUT2D eigenvalue weighted by Gasteiger charge is 2.23. The van der Waals surface area contributed by atoms with Crippen LogP contribution < -0.4 is 9.64 Å². The number of thiazole rings is 1. The van der Waals surface area contributed by atoms with Gasteiger partial charge in [-0.05, 0) is 12.3 Å². The van der Waals surface area contributed by atoms with Crippen molar-refractivity contribution in [2.45, 2.75) is 6.92 Å². The van der Waals surface area contributed by atoms with E-state index in [1.807, 2.05) is 4.90 Å². The van der Waals surface area contributed by atoms with E-state index in [0.29, 0.717) is 23.0 Å². The number of allylic oxidation sites excluding steroid dienone is 1. The minimum Gasteiger partial charge on any atom is -0.479 e. The molecule has 0 radical (unpaired) electrons. The van der Waals surface area contributed by atoms with Crippen molar-refractivity contribution in [2.24, 2.45) is 5.92 Å². The molecule has 0 bridgehead atoms. The summed E-state index contributed by atoms with van der Waals surface area (Å²) in [7, 11) is 1.55. The highest BCUT2D eigenvalue weighted by Crippen LogP contribution is 2.41. The van der Waals surface area contributed by atoms with Gasteiger partial charge in [-0.3, -0.25) is 4.98 Å². The Bertz CT molecular complexity index is 785. The number of hydrogen-bond donors (Lipinski definition) is 0. The smallest absolute Gasteiger partial charge is 0.250 e. The first kappa shape index (κ1) is 19.3. The predicted molar refractivity (Wildman–Crippen MR) is 105 cm³/mol. The minimum absolute atomic E-state index is 0.245. The van der Waals surface area contributed by atoms with Crippen LogP contribution in [0, 0.1) is 24.1 Å². The maximum atomic E-state index is 13.5. The molecule has 0 saturated heterocycles. The molecule has 0 aromatic carbocycles.